The van der Waals surface area contributed by atoms with Crippen LogP contribution in [0.3, 0.4) is 0 Å². The molecule has 35 heavy (non-hydrogen) atoms. The lowest BCUT2D eigenvalue weighted by Crippen LogP contribution is -2.45. The van der Waals surface area contributed by atoms with Gasteiger partial charge in [0.2, 0.25) is 5.91 Å². The molecule has 0 N–H and O–H groups in total. The van der Waals surface area contributed by atoms with Crippen LogP contribution in [0, 0.1) is 12.8 Å². The molecule has 0 saturated carbocycles. The Morgan fingerprint density at radius 2 is 1.80 bits per heavy atom. The second kappa shape index (κ2) is 10.4. The molecule has 186 valence electrons. The van der Waals surface area contributed by atoms with E-state index >= 15 is 0 Å². The van der Waals surface area contributed by atoms with Crippen molar-refractivity contribution in [1.29, 1.82) is 0 Å². The number of aryl methyl sites for hydroxylation is 1. The van der Waals surface area contributed by atoms with Crippen LogP contribution >= 0.6 is 0 Å². The van der Waals surface area contributed by atoms with Crippen LogP contribution in [-0.2, 0) is 11.2 Å². The highest BCUT2D eigenvalue weighted by molar-refractivity contribution is 5.81. The van der Waals surface area contributed by atoms with E-state index in [2.05, 4.69) is 0 Å². The van der Waals surface area contributed by atoms with Crippen LogP contribution in [-0.4, -0.2) is 38.2 Å². The lowest BCUT2D eigenvalue weighted by atomic mass is 9.90. The van der Waals surface area contributed by atoms with Crippen LogP contribution in [0.2, 0.25) is 0 Å². The number of methoxy groups -OCH3 is 2. The van der Waals surface area contributed by atoms with E-state index in [-0.39, 0.29) is 24.5 Å². The highest BCUT2D eigenvalue weighted by atomic mass is 16.5. The molecule has 2 heterocycles. The molecule has 1 aromatic heterocycles. The molecular weight excluding hydrogens is 446 g/mol. The van der Waals surface area contributed by atoms with Gasteiger partial charge in [-0.15, -0.1) is 0 Å². The Kier molecular flexibility index (Phi) is 7.34. The Balaban J connectivity index is 1.70. The lowest BCUT2D eigenvalue weighted by molar-refractivity contribution is -0.139. The molecule has 0 saturated heterocycles. The zero-order valence-corrected chi connectivity index (χ0v) is 21.1. The molecule has 1 amide bonds. The summed E-state index contributed by atoms with van der Waals surface area (Å²) in [5.74, 6) is 1.98. The summed E-state index contributed by atoms with van der Waals surface area (Å²) in [6.07, 6.45) is 2.32. The number of carbonyl (C=O) groups is 1. The lowest BCUT2D eigenvalue weighted by Gasteiger charge is -2.39. The van der Waals surface area contributed by atoms with Gasteiger partial charge in [0.05, 0.1) is 20.3 Å². The van der Waals surface area contributed by atoms with Crippen molar-refractivity contribution in [2.45, 2.75) is 46.1 Å². The third-order valence-corrected chi connectivity index (χ3v) is 6.95. The van der Waals surface area contributed by atoms with Gasteiger partial charge in [0.1, 0.15) is 17.9 Å². The van der Waals surface area contributed by atoms with Crippen molar-refractivity contribution in [3.8, 4) is 17.2 Å². The Morgan fingerprint density at radius 3 is 2.49 bits per heavy atom. The average molecular weight is 480 g/mol. The Morgan fingerprint density at radius 1 is 1.09 bits per heavy atom. The van der Waals surface area contributed by atoms with Crippen molar-refractivity contribution in [3.63, 3.8) is 0 Å². The van der Waals surface area contributed by atoms with Crippen molar-refractivity contribution in [3.05, 3.63) is 63.5 Å². The number of carbonyl (C=O) groups excluding carboxylic acids is 1. The number of rotatable bonds is 8. The largest absolute Gasteiger partial charge is 0.493 e. The van der Waals surface area contributed by atoms with E-state index in [1.54, 1.807) is 20.3 Å². The zero-order chi connectivity index (χ0) is 25.1. The topological polar surface area (TPSA) is 78.2 Å². The maximum absolute atomic E-state index is 13.5. The monoisotopic (exact) mass is 479 g/mol. The number of amides is 1. The van der Waals surface area contributed by atoms with Crippen LogP contribution in [0.5, 0.6) is 17.2 Å². The Hall–Kier alpha value is -3.48. The van der Waals surface area contributed by atoms with Gasteiger partial charge in [-0.25, -0.2) is 4.79 Å². The molecule has 1 aliphatic heterocycles. The Labute approximate surface area is 205 Å². The van der Waals surface area contributed by atoms with E-state index in [1.807, 2.05) is 49.9 Å². The molecule has 2 aromatic carbocycles. The first-order chi connectivity index (χ1) is 16.9. The number of benzene rings is 2. The minimum atomic E-state index is -0.392. The van der Waals surface area contributed by atoms with Gasteiger partial charge < -0.3 is 23.5 Å². The fourth-order valence-electron chi connectivity index (χ4n) is 4.91. The van der Waals surface area contributed by atoms with Gasteiger partial charge in [0.15, 0.2) is 11.5 Å². The van der Waals surface area contributed by atoms with Crippen LogP contribution < -0.4 is 19.8 Å². The van der Waals surface area contributed by atoms with Crippen molar-refractivity contribution >= 4 is 16.9 Å². The second-order valence-electron chi connectivity index (χ2n) is 8.93. The first kappa shape index (κ1) is 24.6. The highest BCUT2D eigenvalue weighted by Crippen LogP contribution is 2.39. The third kappa shape index (κ3) is 4.85. The van der Waals surface area contributed by atoms with Gasteiger partial charge in [-0.1, -0.05) is 13.8 Å². The maximum atomic E-state index is 13.5. The summed E-state index contributed by atoms with van der Waals surface area (Å²) in [4.78, 5) is 27.3. The quantitative estimate of drug-likeness (QED) is 0.420. The van der Waals surface area contributed by atoms with Gasteiger partial charge in [-0.05, 0) is 67.1 Å². The summed E-state index contributed by atoms with van der Waals surface area (Å²) >= 11 is 0. The van der Waals surface area contributed by atoms with Crippen molar-refractivity contribution in [2.24, 2.45) is 5.92 Å². The molecule has 1 atom stereocenters. The van der Waals surface area contributed by atoms with E-state index in [0.717, 1.165) is 41.3 Å². The van der Waals surface area contributed by atoms with Gasteiger partial charge in [-0.2, -0.15) is 0 Å². The summed E-state index contributed by atoms with van der Waals surface area (Å²) in [7, 11) is 3.23. The molecule has 0 aliphatic carbocycles. The second-order valence-corrected chi connectivity index (χ2v) is 8.93. The standard InChI is InChI=1S/C28H33NO6/c1-6-18(7-2)28(31)29-11-10-19-13-25(32-4)26(33-5)15-22(19)23(29)16-34-20-8-9-21-17(3)12-27(30)35-24(21)14-20/h8-9,12-15,18,23H,6-7,10-11,16H2,1-5H3/t23-/m1/s1. The molecule has 3 aromatic rings. The average Bonchev–Trinajstić information content (AvgIpc) is 2.86. The van der Waals surface area contributed by atoms with E-state index in [9.17, 15) is 9.59 Å². The molecule has 0 unspecified atom stereocenters. The first-order valence-corrected chi connectivity index (χ1v) is 12.1. The van der Waals surface area contributed by atoms with E-state index in [4.69, 9.17) is 18.6 Å². The van der Waals surface area contributed by atoms with Crippen molar-refractivity contribution in [1.82, 2.24) is 4.90 Å². The predicted molar refractivity (Wildman–Crippen MR) is 134 cm³/mol. The van der Waals surface area contributed by atoms with Crippen LogP contribution in [0.4, 0.5) is 0 Å². The minimum absolute atomic E-state index is 0.0305. The van der Waals surface area contributed by atoms with Crippen LogP contribution in [0.1, 0.15) is 49.4 Å². The number of hydrogen-bond acceptors (Lipinski definition) is 6. The summed E-state index contributed by atoms with van der Waals surface area (Å²) in [6.45, 7) is 6.84. The fraction of sp³-hybridized carbons (Fsp3) is 0.429. The van der Waals surface area contributed by atoms with Gasteiger partial charge in [0, 0.05) is 30.0 Å². The SMILES string of the molecule is CCC(CC)C(=O)N1CCc2cc(OC)c(OC)cc2[C@H]1COc1ccc2c(C)cc(=O)oc2c1. The number of hydrogen-bond donors (Lipinski definition) is 0. The summed E-state index contributed by atoms with van der Waals surface area (Å²) in [5.41, 5.74) is 3.05. The highest BCUT2D eigenvalue weighted by Gasteiger charge is 2.35. The Bertz CT molecular complexity index is 1280. The number of nitrogens with zero attached hydrogens (tertiary/aromatic N) is 1. The summed E-state index contributed by atoms with van der Waals surface area (Å²) in [5, 5.41) is 0.863. The van der Waals surface area contributed by atoms with Crippen LogP contribution in [0.15, 0.2) is 45.6 Å². The molecule has 0 radical (unpaired) electrons. The molecule has 4 rings (SSSR count). The van der Waals surface area contributed by atoms with E-state index in [1.165, 1.54) is 6.07 Å². The zero-order valence-electron chi connectivity index (χ0n) is 21.1. The molecule has 0 spiro atoms. The van der Waals surface area contributed by atoms with Gasteiger partial charge in [0.25, 0.3) is 0 Å². The maximum Gasteiger partial charge on any atom is 0.336 e. The number of ether oxygens (including phenoxy) is 3. The molecule has 1 aliphatic rings. The molecule has 0 bridgehead atoms. The van der Waals surface area contributed by atoms with Gasteiger partial charge in [-0.3, -0.25) is 4.79 Å². The molecule has 7 nitrogen and oxygen atoms in total. The first-order valence-electron chi connectivity index (χ1n) is 12.1. The normalized spacial score (nSPS) is 15.3. The van der Waals surface area contributed by atoms with E-state index < -0.39 is 5.63 Å². The molecule has 7 heteroatoms. The molecule has 0 fully saturated rings. The minimum Gasteiger partial charge on any atom is -0.493 e. The molecular formula is C28H33NO6. The predicted octanol–water partition coefficient (Wildman–Crippen LogP) is 5.06. The summed E-state index contributed by atoms with van der Waals surface area (Å²) < 4.78 is 22.7. The van der Waals surface area contributed by atoms with Crippen LogP contribution in [0.25, 0.3) is 11.0 Å². The third-order valence-electron chi connectivity index (χ3n) is 6.95. The van der Waals surface area contributed by atoms with E-state index in [0.29, 0.717) is 29.4 Å². The summed E-state index contributed by atoms with van der Waals surface area (Å²) in [6, 6.07) is 10.6. The fourth-order valence-corrected chi connectivity index (χ4v) is 4.91. The van der Waals surface area contributed by atoms with Crippen molar-refractivity contribution in [2.75, 3.05) is 27.4 Å². The van der Waals surface area contributed by atoms with Crippen molar-refractivity contribution < 1.29 is 23.4 Å². The number of fused-ring (bicyclic) bond motifs is 2. The van der Waals surface area contributed by atoms with Gasteiger partial charge >= 0.3 is 5.63 Å². The smallest absolute Gasteiger partial charge is 0.336 e.